The third kappa shape index (κ3) is 3.99. The third-order valence-corrected chi connectivity index (χ3v) is 4.11. The van der Waals surface area contributed by atoms with Gasteiger partial charge in [0.05, 0.1) is 12.2 Å². The van der Waals surface area contributed by atoms with Gasteiger partial charge in [-0.2, -0.15) is 11.8 Å². The molecule has 1 heterocycles. The second-order valence-corrected chi connectivity index (χ2v) is 5.65. The Hall–Kier alpha value is -1.51. The van der Waals surface area contributed by atoms with E-state index in [1.54, 1.807) is 11.8 Å². The molecule has 1 saturated heterocycles. The van der Waals surface area contributed by atoms with Gasteiger partial charge in [0.2, 0.25) is 0 Å². The highest BCUT2D eigenvalue weighted by Gasteiger charge is 2.20. The van der Waals surface area contributed by atoms with Crippen LogP contribution in [0.2, 0.25) is 0 Å². The summed E-state index contributed by atoms with van der Waals surface area (Å²) < 4.78 is 13.7. The van der Waals surface area contributed by atoms with Crippen molar-refractivity contribution < 1.29 is 14.3 Å². The second-order valence-electron chi connectivity index (χ2n) is 4.50. The van der Waals surface area contributed by atoms with E-state index in [-0.39, 0.29) is 24.1 Å². The van der Waals surface area contributed by atoms with Gasteiger partial charge >= 0.3 is 0 Å². The molecule has 5 heteroatoms. The fourth-order valence-corrected chi connectivity index (χ4v) is 3.06. The van der Waals surface area contributed by atoms with Gasteiger partial charge in [-0.05, 0) is 30.4 Å². The molecule has 20 heavy (non-hydrogen) atoms. The Morgan fingerprint density at radius 3 is 3.10 bits per heavy atom. The molecular formula is C15H16FNO2S. The Morgan fingerprint density at radius 2 is 2.40 bits per heavy atom. The van der Waals surface area contributed by atoms with Crippen molar-refractivity contribution in [2.45, 2.75) is 18.9 Å². The number of hydrogen-bond donors (Lipinski definition) is 2. The number of thioether (sulfide) groups is 1. The number of benzene rings is 1. The predicted octanol–water partition coefficient (Wildman–Crippen LogP) is 1.79. The molecule has 1 amide bonds. The Bertz CT molecular complexity index is 545. The van der Waals surface area contributed by atoms with Crippen molar-refractivity contribution in [3.05, 3.63) is 35.1 Å². The molecule has 0 aliphatic carbocycles. The summed E-state index contributed by atoms with van der Waals surface area (Å²) in [6.07, 6.45) is 1.28. The van der Waals surface area contributed by atoms with Crippen molar-refractivity contribution in [2.24, 2.45) is 0 Å². The van der Waals surface area contributed by atoms with Crippen LogP contribution in [0.15, 0.2) is 18.2 Å². The summed E-state index contributed by atoms with van der Waals surface area (Å²) in [5.41, 5.74) is 0.600. The molecule has 2 N–H and O–H groups in total. The molecule has 0 saturated carbocycles. The second kappa shape index (κ2) is 7.32. The number of aliphatic hydroxyl groups excluding tert-OH is 1. The monoisotopic (exact) mass is 293 g/mol. The van der Waals surface area contributed by atoms with Crippen molar-refractivity contribution in [3.8, 4) is 11.8 Å². The highest BCUT2D eigenvalue weighted by atomic mass is 32.2. The molecule has 0 radical (unpaired) electrons. The maximum atomic E-state index is 13.7. The third-order valence-electron chi connectivity index (χ3n) is 2.95. The number of nitrogens with one attached hydrogen (secondary N) is 1. The molecule has 3 nitrogen and oxygen atoms in total. The summed E-state index contributed by atoms with van der Waals surface area (Å²) in [4.78, 5) is 12.1. The molecule has 1 aromatic carbocycles. The lowest BCUT2D eigenvalue weighted by molar-refractivity contribution is 0.0937. The lowest BCUT2D eigenvalue weighted by Gasteiger charge is -2.11. The van der Waals surface area contributed by atoms with Gasteiger partial charge in [0, 0.05) is 23.8 Å². The zero-order valence-corrected chi connectivity index (χ0v) is 11.8. The maximum absolute atomic E-state index is 13.7. The normalized spacial score (nSPS) is 17.4. The number of halogens is 1. The van der Waals surface area contributed by atoms with Gasteiger partial charge in [0.15, 0.2) is 0 Å². The summed E-state index contributed by atoms with van der Waals surface area (Å²) in [5.74, 6) is 6.53. The minimum Gasteiger partial charge on any atom is -0.395 e. The average molecular weight is 293 g/mol. The van der Waals surface area contributed by atoms with Crippen LogP contribution in [0.5, 0.6) is 0 Å². The van der Waals surface area contributed by atoms with E-state index >= 15 is 0 Å². The van der Waals surface area contributed by atoms with Gasteiger partial charge in [0.25, 0.3) is 5.91 Å². The molecule has 1 aromatic rings. The van der Waals surface area contributed by atoms with Crippen LogP contribution in [-0.2, 0) is 0 Å². The molecule has 2 rings (SSSR count). The van der Waals surface area contributed by atoms with Gasteiger partial charge < -0.3 is 10.4 Å². The molecular weight excluding hydrogens is 277 g/mol. The fourth-order valence-electron chi connectivity index (χ4n) is 1.91. The SMILES string of the molecule is O=C(NC1CCSC1)c1cc(C#CCCO)ccc1F. The standard InChI is InChI=1S/C15H16FNO2S/c16-14-5-4-11(3-1-2-7-18)9-13(14)15(19)17-12-6-8-20-10-12/h4-5,9,12,18H,2,6-8,10H2,(H,17,19). The minimum atomic E-state index is -0.541. The zero-order chi connectivity index (χ0) is 14.4. The Morgan fingerprint density at radius 1 is 1.55 bits per heavy atom. The highest BCUT2D eigenvalue weighted by molar-refractivity contribution is 7.99. The quantitative estimate of drug-likeness (QED) is 0.836. The van der Waals surface area contributed by atoms with Gasteiger partial charge in [-0.15, -0.1) is 0 Å². The molecule has 1 unspecified atom stereocenters. The van der Waals surface area contributed by atoms with E-state index in [0.29, 0.717) is 12.0 Å². The van der Waals surface area contributed by atoms with E-state index in [1.165, 1.54) is 18.2 Å². The van der Waals surface area contributed by atoms with Gasteiger partial charge in [-0.25, -0.2) is 4.39 Å². The summed E-state index contributed by atoms with van der Waals surface area (Å²) in [7, 11) is 0. The Balaban J connectivity index is 2.11. The van der Waals surface area contributed by atoms with E-state index in [9.17, 15) is 9.18 Å². The molecule has 0 aromatic heterocycles. The summed E-state index contributed by atoms with van der Waals surface area (Å²) in [5, 5.41) is 11.5. The van der Waals surface area contributed by atoms with Crippen LogP contribution in [-0.4, -0.2) is 35.2 Å². The van der Waals surface area contributed by atoms with Crippen LogP contribution in [0.25, 0.3) is 0 Å². The van der Waals surface area contributed by atoms with Crippen LogP contribution in [0.4, 0.5) is 4.39 Å². The zero-order valence-electron chi connectivity index (χ0n) is 11.0. The lowest BCUT2D eigenvalue weighted by Crippen LogP contribution is -2.35. The first-order valence-electron chi connectivity index (χ1n) is 6.48. The number of carbonyl (C=O) groups excluding carboxylic acids is 1. The molecule has 0 spiro atoms. The van der Waals surface area contributed by atoms with Crippen LogP contribution >= 0.6 is 11.8 Å². The molecule has 1 atom stereocenters. The molecule has 1 fully saturated rings. The van der Waals surface area contributed by atoms with Crippen molar-refractivity contribution in [2.75, 3.05) is 18.1 Å². The summed E-state index contributed by atoms with van der Waals surface area (Å²) in [6, 6.07) is 4.36. The largest absolute Gasteiger partial charge is 0.395 e. The topological polar surface area (TPSA) is 49.3 Å². The average Bonchev–Trinajstić information content (AvgIpc) is 2.93. The van der Waals surface area contributed by atoms with E-state index in [4.69, 9.17) is 5.11 Å². The van der Waals surface area contributed by atoms with Gasteiger partial charge in [0.1, 0.15) is 5.82 Å². The van der Waals surface area contributed by atoms with E-state index < -0.39 is 5.82 Å². The molecule has 106 valence electrons. The van der Waals surface area contributed by atoms with E-state index in [1.807, 2.05) is 0 Å². The van der Waals surface area contributed by atoms with Crippen LogP contribution in [0, 0.1) is 17.7 Å². The van der Waals surface area contributed by atoms with Crippen LogP contribution in [0.1, 0.15) is 28.8 Å². The van der Waals surface area contributed by atoms with Crippen molar-refractivity contribution in [3.63, 3.8) is 0 Å². The maximum Gasteiger partial charge on any atom is 0.254 e. The highest BCUT2D eigenvalue weighted by Crippen LogP contribution is 2.18. The van der Waals surface area contributed by atoms with E-state index in [0.717, 1.165) is 17.9 Å². The fraction of sp³-hybridized carbons (Fsp3) is 0.400. The number of rotatable bonds is 3. The number of hydrogen-bond acceptors (Lipinski definition) is 3. The van der Waals surface area contributed by atoms with Gasteiger partial charge in [-0.1, -0.05) is 11.8 Å². The minimum absolute atomic E-state index is 0.0130. The van der Waals surface area contributed by atoms with Crippen LogP contribution < -0.4 is 5.32 Å². The summed E-state index contributed by atoms with van der Waals surface area (Å²) >= 11 is 1.79. The smallest absolute Gasteiger partial charge is 0.254 e. The summed E-state index contributed by atoms with van der Waals surface area (Å²) in [6.45, 7) is -0.0130. The molecule has 1 aliphatic heterocycles. The Kier molecular flexibility index (Phi) is 5.45. The van der Waals surface area contributed by atoms with Gasteiger partial charge in [-0.3, -0.25) is 4.79 Å². The first-order chi connectivity index (χ1) is 9.70. The first kappa shape index (κ1) is 14.9. The molecule has 0 bridgehead atoms. The molecule has 1 aliphatic rings. The number of aliphatic hydroxyl groups is 1. The van der Waals surface area contributed by atoms with Crippen molar-refractivity contribution in [1.29, 1.82) is 0 Å². The van der Waals surface area contributed by atoms with Crippen molar-refractivity contribution >= 4 is 17.7 Å². The van der Waals surface area contributed by atoms with E-state index in [2.05, 4.69) is 17.2 Å². The first-order valence-corrected chi connectivity index (χ1v) is 7.64. The predicted molar refractivity (Wildman–Crippen MR) is 78.2 cm³/mol. The van der Waals surface area contributed by atoms with Crippen molar-refractivity contribution in [1.82, 2.24) is 5.32 Å². The van der Waals surface area contributed by atoms with Crippen LogP contribution in [0.3, 0.4) is 0 Å². The number of amides is 1. The lowest BCUT2D eigenvalue weighted by atomic mass is 10.1. The number of carbonyl (C=O) groups is 1. The Labute approximate surface area is 122 Å².